The highest BCUT2D eigenvalue weighted by Crippen LogP contribution is 2.16. The van der Waals surface area contributed by atoms with E-state index < -0.39 is 6.04 Å². The number of anilines is 1. The van der Waals surface area contributed by atoms with Crippen molar-refractivity contribution in [2.24, 2.45) is 0 Å². The van der Waals surface area contributed by atoms with Crippen molar-refractivity contribution in [3.05, 3.63) is 95.0 Å². The quantitative estimate of drug-likeness (QED) is 0.596. The summed E-state index contributed by atoms with van der Waals surface area (Å²) in [6.07, 6.45) is 0. The van der Waals surface area contributed by atoms with Gasteiger partial charge in [0, 0.05) is 21.8 Å². The van der Waals surface area contributed by atoms with Crippen LogP contribution in [-0.4, -0.2) is 17.9 Å². The van der Waals surface area contributed by atoms with Gasteiger partial charge in [-0.25, -0.2) is 0 Å². The zero-order valence-corrected chi connectivity index (χ0v) is 16.6. The Labute approximate surface area is 174 Å². The van der Waals surface area contributed by atoms with Crippen molar-refractivity contribution >= 4 is 29.1 Å². The number of rotatable bonds is 7. The second kappa shape index (κ2) is 9.75. The highest BCUT2D eigenvalue weighted by Gasteiger charge is 2.18. The lowest BCUT2D eigenvalue weighted by atomic mass is 10.1. The van der Waals surface area contributed by atoms with Gasteiger partial charge in [-0.2, -0.15) is 0 Å². The van der Waals surface area contributed by atoms with Gasteiger partial charge in [0.25, 0.3) is 5.91 Å². The van der Waals surface area contributed by atoms with Crippen molar-refractivity contribution < 1.29 is 14.3 Å². The Morgan fingerprint density at radius 3 is 2.31 bits per heavy atom. The smallest absolute Gasteiger partial charge is 0.252 e. The number of halogens is 1. The van der Waals surface area contributed by atoms with Gasteiger partial charge in [0.15, 0.2) is 0 Å². The third kappa shape index (κ3) is 5.83. The summed E-state index contributed by atoms with van der Waals surface area (Å²) in [5.41, 5.74) is 1.81. The summed E-state index contributed by atoms with van der Waals surface area (Å²) in [7, 11) is 0. The summed E-state index contributed by atoms with van der Waals surface area (Å²) in [6.45, 7) is 1.88. The highest BCUT2D eigenvalue weighted by molar-refractivity contribution is 6.30. The van der Waals surface area contributed by atoms with E-state index in [0.717, 1.165) is 11.3 Å². The molecule has 2 amide bonds. The Balaban J connectivity index is 1.62. The number of para-hydroxylation sites is 1. The summed E-state index contributed by atoms with van der Waals surface area (Å²) in [5, 5.41) is 6.07. The first-order chi connectivity index (χ1) is 14.0. The van der Waals surface area contributed by atoms with Gasteiger partial charge in [0.05, 0.1) is 0 Å². The van der Waals surface area contributed by atoms with Crippen LogP contribution >= 0.6 is 11.6 Å². The molecule has 0 bridgehead atoms. The fraction of sp³-hybridized carbons (Fsp3) is 0.130. The normalized spacial score (nSPS) is 11.4. The standard InChI is InChI=1S/C23H21ClN2O3/c1-16(22(27)26-19-13-11-18(24)12-14-19)25-23(28)21-10-6-5-7-17(21)15-29-20-8-3-2-4-9-20/h2-14,16H,15H2,1H3,(H,25,28)(H,26,27)/t16-/m1/s1. The van der Waals surface area contributed by atoms with Gasteiger partial charge in [-0.05, 0) is 49.4 Å². The Bertz CT molecular complexity index is 975. The summed E-state index contributed by atoms with van der Waals surface area (Å²) in [5.74, 6) is 0.0631. The third-order valence-electron chi connectivity index (χ3n) is 4.25. The third-order valence-corrected chi connectivity index (χ3v) is 4.50. The SMILES string of the molecule is C[C@@H](NC(=O)c1ccccc1COc1ccccc1)C(=O)Nc1ccc(Cl)cc1. The average molecular weight is 409 g/mol. The van der Waals surface area contributed by atoms with Crippen LogP contribution in [0.3, 0.4) is 0 Å². The van der Waals surface area contributed by atoms with Crippen LogP contribution in [0.15, 0.2) is 78.9 Å². The lowest BCUT2D eigenvalue weighted by Crippen LogP contribution is -2.41. The van der Waals surface area contributed by atoms with Gasteiger partial charge < -0.3 is 15.4 Å². The summed E-state index contributed by atoms with van der Waals surface area (Å²) >= 11 is 5.85. The van der Waals surface area contributed by atoms with Crippen molar-refractivity contribution in [2.45, 2.75) is 19.6 Å². The number of carbonyl (C=O) groups is 2. The molecule has 0 unspecified atom stereocenters. The minimum atomic E-state index is -0.721. The van der Waals surface area contributed by atoms with Gasteiger partial charge in [-0.3, -0.25) is 9.59 Å². The Hall–Kier alpha value is -3.31. The first-order valence-electron chi connectivity index (χ1n) is 9.16. The number of nitrogens with one attached hydrogen (secondary N) is 2. The molecule has 0 saturated heterocycles. The second-order valence-corrected chi connectivity index (χ2v) is 6.89. The van der Waals surface area contributed by atoms with Gasteiger partial charge in [0.1, 0.15) is 18.4 Å². The maximum atomic E-state index is 12.7. The van der Waals surface area contributed by atoms with Gasteiger partial charge in [-0.15, -0.1) is 0 Å². The fourth-order valence-corrected chi connectivity index (χ4v) is 2.80. The van der Waals surface area contributed by atoms with Gasteiger partial charge >= 0.3 is 0 Å². The number of amides is 2. The van der Waals surface area contributed by atoms with E-state index in [1.807, 2.05) is 42.5 Å². The molecule has 0 heterocycles. The molecule has 3 aromatic carbocycles. The molecule has 0 saturated carbocycles. The van der Waals surface area contributed by atoms with Crippen molar-refractivity contribution in [3.63, 3.8) is 0 Å². The van der Waals surface area contributed by atoms with E-state index in [1.165, 1.54) is 0 Å². The topological polar surface area (TPSA) is 67.4 Å². The fourth-order valence-electron chi connectivity index (χ4n) is 2.67. The minimum Gasteiger partial charge on any atom is -0.489 e. The molecule has 0 aliphatic rings. The molecule has 3 rings (SSSR count). The Morgan fingerprint density at radius 2 is 1.59 bits per heavy atom. The molecule has 2 N–H and O–H groups in total. The Kier molecular flexibility index (Phi) is 6.87. The summed E-state index contributed by atoms with van der Waals surface area (Å²) in [4.78, 5) is 25.1. The van der Waals surface area contributed by atoms with Crippen LogP contribution in [0.25, 0.3) is 0 Å². The Morgan fingerprint density at radius 1 is 0.931 bits per heavy atom. The first kappa shape index (κ1) is 20.4. The van der Waals surface area contributed by atoms with Crippen LogP contribution in [0.4, 0.5) is 5.69 Å². The van der Waals surface area contributed by atoms with Crippen LogP contribution in [0, 0.1) is 0 Å². The van der Waals surface area contributed by atoms with Crippen LogP contribution in [-0.2, 0) is 11.4 Å². The lowest BCUT2D eigenvalue weighted by Gasteiger charge is -2.16. The maximum Gasteiger partial charge on any atom is 0.252 e. The van der Waals surface area contributed by atoms with E-state index in [9.17, 15) is 9.59 Å². The molecule has 0 spiro atoms. The van der Waals surface area contributed by atoms with Gasteiger partial charge in [0.2, 0.25) is 5.91 Å². The zero-order chi connectivity index (χ0) is 20.6. The molecule has 6 heteroatoms. The van der Waals surface area contributed by atoms with Crippen molar-refractivity contribution in [1.82, 2.24) is 5.32 Å². The van der Waals surface area contributed by atoms with E-state index in [4.69, 9.17) is 16.3 Å². The number of hydrogen-bond donors (Lipinski definition) is 2. The van der Waals surface area contributed by atoms with Gasteiger partial charge in [-0.1, -0.05) is 48.0 Å². The average Bonchev–Trinajstić information content (AvgIpc) is 2.74. The predicted molar refractivity (Wildman–Crippen MR) is 114 cm³/mol. The molecule has 0 radical (unpaired) electrons. The predicted octanol–water partition coefficient (Wildman–Crippen LogP) is 4.68. The van der Waals surface area contributed by atoms with Crippen molar-refractivity contribution in [1.29, 1.82) is 0 Å². The van der Waals surface area contributed by atoms with E-state index in [-0.39, 0.29) is 18.4 Å². The highest BCUT2D eigenvalue weighted by atomic mass is 35.5. The monoisotopic (exact) mass is 408 g/mol. The number of carbonyl (C=O) groups excluding carboxylic acids is 2. The van der Waals surface area contributed by atoms with E-state index in [1.54, 1.807) is 43.3 Å². The molecule has 148 valence electrons. The van der Waals surface area contributed by atoms with E-state index in [2.05, 4.69) is 10.6 Å². The number of ether oxygens (including phenoxy) is 1. The maximum absolute atomic E-state index is 12.7. The van der Waals surface area contributed by atoms with E-state index in [0.29, 0.717) is 16.3 Å². The summed E-state index contributed by atoms with van der Waals surface area (Å²) < 4.78 is 5.75. The van der Waals surface area contributed by atoms with Crippen molar-refractivity contribution in [2.75, 3.05) is 5.32 Å². The lowest BCUT2D eigenvalue weighted by molar-refractivity contribution is -0.117. The molecule has 3 aromatic rings. The molecular weight excluding hydrogens is 388 g/mol. The molecule has 0 fully saturated rings. The summed E-state index contributed by atoms with van der Waals surface area (Å²) in [6, 6.07) is 22.6. The molecule has 5 nitrogen and oxygen atoms in total. The molecule has 0 aromatic heterocycles. The zero-order valence-electron chi connectivity index (χ0n) is 15.9. The number of hydrogen-bond acceptors (Lipinski definition) is 3. The molecule has 1 atom stereocenters. The molecular formula is C23H21ClN2O3. The number of benzene rings is 3. The van der Waals surface area contributed by atoms with Crippen LogP contribution in [0.1, 0.15) is 22.8 Å². The molecule has 0 aliphatic carbocycles. The second-order valence-electron chi connectivity index (χ2n) is 6.45. The molecule has 29 heavy (non-hydrogen) atoms. The molecule has 0 aliphatic heterocycles. The van der Waals surface area contributed by atoms with Crippen LogP contribution < -0.4 is 15.4 Å². The van der Waals surface area contributed by atoms with Crippen LogP contribution in [0.5, 0.6) is 5.75 Å². The van der Waals surface area contributed by atoms with E-state index >= 15 is 0 Å². The van der Waals surface area contributed by atoms with Crippen molar-refractivity contribution in [3.8, 4) is 5.75 Å². The largest absolute Gasteiger partial charge is 0.489 e. The minimum absolute atomic E-state index is 0.249. The first-order valence-corrected chi connectivity index (χ1v) is 9.54. The van der Waals surface area contributed by atoms with Crippen LogP contribution in [0.2, 0.25) is 5.02 Å².